The van der Waals surface area contributed by atoms with Gasteiger partial charge in [-0.1, -0.05) is 15.9 Å². The van der Waals surface area contributed by atoms with Gasteiger partial charge in [-0.05, 0) is 30.7 Å². The molecule has 0 saturated carbocycles. The van der Waals surface area contributed by atoms with E-state index in [-0.39, 0.29) is 29.6 Å². The molecule has 0 unspecified atom stereocenters. The van der Waals surface area contributed by atoms with Gasteiger partial charge in [0.1, 0.15) is 0 Å². The molecule has 14 heavy (non-hydrogen) atoms. The smallest absolute Gasteiger partial charge is 0.731 e. The van der Waals surface area contributed by atoms with E-state index < -0.39 is 10.3 Å². The van der Waals surface area contributed by atoms with E-state index in [1.807, 2.05) is 4.72 Å². The third kappa shape index (κ3) is 4.77. The molecule has 1 aromatic carbocycles. The first-order valence-electron chi connectivity index (χ1n) is 3.38. The monoisotopic (exact) mass is 287 g/mol. The summed E-state index contributed by atoms with van der Waals surface area (Å²) in [6.45, 7) is 1.71. The minimum Gasteiger partial charge on any atom is -0.731 e. The molecule has 0 fully saturated rings. The zero-order valence-corrected chi connectivity index (χ0v) is 12.1. The van der Waals surface area contributed by atoms with E-state index in [1.165, 1.54) is 6.07 Å². The normalized spacial score (nSPS) is 10.5. The molecule has 0 aliphatic rings. The van der Waals surface area contributed by atoms with Crippen LogP contribution in [0.25, 0.3) is 0 Å². The van der Waals surface area contributed by atoms with Crippen molar-refractivity contribution in [1.82, 2.24) is 0 Å². The maximum atomic E-state index is 10.4. The molecule has 0 aliphatic heterocycles. The molecule has 0 aliphatic carbocycles. The van der Waals surface area contributed by atoms with Gasteiger partial charge in [-0.15, -0.1) is 0 Å². The topological polar surface area (TPSA) is 69.2 Å². The summed E-state index contributed by atoms with van der Waals surface area (Å²) < 4.78 is 33.8. The summed E-state index contributed by atoms with van der Waals surface area (Å²) in [4.78, 5) is 0. The zero-order chi connectivity index (χ0) is 10.1. The fourth-order valence-corrected chi connectivity index (χ4v) is 1.85. The summed E-state index contributed by atoms with van der Waals surface area (Å²) in [5.41, 5.74) is 0.993. The van der Waals surface area contributed by atoms with Crippen LogP contribution in [0.3, 0.4) is 0 Å². The van der Waals surface area contributed by atoms with Crippen molar-refractivity contribution in [3.05, 3.63) is 28.2 Å². The predicted molar refractivity (Wildman–Crippen MR) is 52.2 cm³/mol. The molecule has 0 radical (unpaired) electrons. The molecule has 72 valence electrons. The Labute approximate surface area is 113 Å². The summed E-state index contributed by atoms with van der Waals surface area (Å²) >= 11 is 3.22. The second kappa shape index (κ2) is 5.48. The molecular weight excluding hydrogens is 281 g/mol. The Hall–Kier alpha value is 0.410. The standard InChI is InChI=1S/C7H8BrNO3S.Na/c1-5-4-6(8)2-3-7(5)9-13(10,11)12;/h2-4,9H,1H3,(H,10,11,12);/q;+1/p-1. The van der Waals surface area contributed by atoms with E-state index in [9.17, 15) is 13.0 Å². The van der Waals surface area contributed by atoms with Gasteiger partial charge in [0.15, 0.2) is 10.3 Å². The van der Waals surface area contributed by atoms with Crippen LogP contribution in [-0.4, -0.2) is 13.0 Å². The Morgan fingerprint density at radius 3 is 2.43 bits per heavy atom. The Kier molecular flexibility index (Phi) is 5.64. The van der Waals surface area contributed by atoms with Crippen molar-refractivity contribution in [3.63, 3.8) is 0 Å². The summed E-state index contributed by atoms with van der Waals surface area (Å²) in [5, 5.41) is 0. The minimum atomic E-state index is -4.43. The number of hydrogen-bond donors (Lipinski definition) is 1. The Morgan fingerprint density at radius 1 is 1.43 bits per heavy atom. The molecule has 0 bridgehead atoms. The first kappa shape index (κ1) is 14.4. The van der Waals surface area contributed by atoms with Crippen LogP contribution in [0.1, 0.15) is 5.56 Å². The number of rotatable bonds is 2. The van der Waals surface area contributed by atoms with E-state index in [2.05, 4.69) is 15.9 Å². The van der Waals surface area contributed by atoms with Crippen LogP contribution in [0.2, 0.25) is 0 Å². The second-order valence-electron chi connectivity index (χ2n) is 2.52. The van der Waals surface area contributed by atoms with E-state index in [0.717, 1.165) is 4.47 Å². The predicted octanol–water partition coefficient (Wildman–Crippen LogP) is -1.37. The van der Waals surface area contributed by atoms with Crippen molar-refractivity contribution < 1.29 is 42.5 Å². The van der Waals surface area contributed by atoms with Gasteiger partial charge in [0, 0.05) is 4.47 Å². The number of anilines is 1. The number of nitrogens with one attached hydrogen (secondary N) is 1. The average molecular weight is 288 g/mol. The number of halogens is 1. The van der Waals surface area contributed by atoms with Gasteiger partial charge in [0.25, 0.3) is 0 Å². The van der Waals surface area contributed by atoms with Gasteiger partial charge in [-0.25, -0.2) is 8.42 Å². The first-order valence-corrected chi connectivity index (χ1v) is 5.58. The molecule has 1 rings (SSSR count). The third-order valence-electron chi connectivity index (χ3n) is 1.42. The van der Waals surface area contributed by atoms with Gasteiger partial charge in [0.05, 0.1) is 5.69 Å². The fourth-order valence-electron chi connectivity index (χ4n) is 0.876. The van der Waals surface area contributed by atoms with E-state index in [1.54, 1.807) is 19.1 Å². The Morgan fingerprint density at radius 2 is 2.00 bits per heavy atom. The molecule has 4 nitrogen and oxygen atoms in total. The van der Waals surface area contributed by atoms with Crippen LogP contribution in [0.5, 0.6) is 0 Å². The summed E-state index contributed by atoms with van der Waals surface area (Å²) in [5.74, 6) is 0. The Balaban J connectivity index is 0.00000169. The summed E-state index contributed by atoms with van der Waals surface area (Å²) in [6, 6.07) is 4.89. The maximum absolute atomic E-state index is 10.4. The Bertz CT molecular complexity index is 421. The number of hydrogen-bond acceptors (Lipinski definition) is 3. The van der Waals surface area contributed by atoms with Gasteiger partial charge >= 0.3 is 29.6 Å². The van der Waals surface area contributed by atoms with Crippen LogP contribution < -0.4 is 34.3 Å². The fraction of sp³-hybridized carbons (Fsp3) is 0.143. The van der Waals surface area contributed by atoms with Crippen molar-refractivity contribution in [2.24, 2.45) is 0 Å². The third-order valence-corrected chi connectivity index (χ3v) is 2.39. The van der Waals surface area contributed by atoms with Crippen molar-refractivity contribution in [1.29, 1.82) is 0 Å². The summed E-state index contributed by atoms with van der Waals surface area (Å²) in [7, 11) is -4.43. The van der Waals surface area contributed by atoms with Crippen molar-refractivity contribution >= 4 is 31.9 Å². The van der Waals surface area contributed by atoms with Gasteiger partial charge in [-0.3, -0.25) is 4.72 Å². The summed E-state index contributed by atoms with van der Waals surface area (Å²) in [6.07, 6.45) is 0. The van der Waals surface area contributed by atoms with Crippen LogP contribution in [0, 0.1) is 6.92 Å². The van der Waals surface area contributed by atoms with Gasteiger partial charge in [-0.2, -0.15) is 0 Å². The zero-order valence-electron chi connectivity index (χ0n) is 7.74. The van der Waals surface area contributed by atoms with Crippen LogP contribution >= 0.6 is 15.9 Å². The number of benzene rings is 1. The molecule has 0 atom stereocenters. The molecule has 7 heteroatoms. The second-order valence-corrected chi connectivity index (χ2v) is 4.54. The average Bonchev–Trinajstić information content (AvgIpc) is 1.93. The SMILES string of the molecule is Cc1cc(Br)ccc1NS(=O)(=O)[O-].[Na+]. The molecule has 0 spiro atoms. The van der Waals surface area contributed by atoms with E-state index in [4.69, 9.17) is 0 Å². The van der Waals surface area contributed by atoms with E-state index in [0.29, 0.717) is 11.3 Å². The quantitative estimate of drug-likeness (QED) is 0.539. The van der Waals surface area contributed by atoms with Crippen molar-refractivity contribution in [2.45, 2.75) is 6.92 Å². The van der Waals surface area contributed by atoms with Gasteiger partial charge in [0.2, 0.25) is 0 Å². The minimum absolute atomic E-state index is 0. The van der Waals surface area contributed by atoms with Crippen LogP contribution in [0.15, 0.2) is 22.7 Å². The van der Waals surface area contributed by atoms with Crippen molar-refractivity contribution in [2.75, 3.05) is 4.72 Å². The molecular formula is C7H7BrNNaO3S. The number of aryl methyl sites for hydroxylation is 1. The van der Waals surface area contributed by atoms with Crippen LogP contribution in [0.4, 0.5) is 5.69 Å². The maximum Gasteiger partial charge on any atom is 1.00 e. The molecule has 0 saturated heterocycles. The molecule has 0 heterocycles. The largest absolute Gasteiger partial charge is 1.00 e. The molecule has 0 amide bonds. The molecule has 1 aromatic rings. The van der Waals surface area contributed by atoms with E-state index >= 15 is 0 Å². The van der Waals surface area contributed by atoms with Gasteiger partial charge < -0.3 is 4.55 Å². The molecule has 1 N–H and O–H groups in total. The molecule has 0 aromatic heterocycles. The first-order chi connectivity index (χ1) is 5.88. The van der Waals surface area contributed by atoms with Crippen molar-refractivity contribution in [3.8, 4) is 0 Å². The van der Waals surface area contributed by atoms with Crippen LogP contribution in [-0.2, 0) is 10.3 Å².